The quantitative estimate of drug-likeness (QED) is 0.169. The van der Waals surface area contributed by atoms with Gasteiger partial charge >= 0.3 is 0 Å². The molecule has 0 saturated heterocycles. The first-order chi connectivity index (χ1) is 39.2. The van der Waals surface area contributed by atoms with Crippen LogP contribution in [-0.4, -0.2) is 44.9 Å². The summed E-state index contributed by atoms with van der Waals surface area (Å²) in [5, 5.41) is 7.03. The average molecular weight is 1060 g/mol. The van der Waals surface area contributed by atoms with Crippen LogP contribution in [0.1, 0.15) is 0 Å². The van der Waals surface area contributed by atoms with Crippen LogP contribution in [-0.2, 0) is 0 Å². The van der Waals surface area contributed by atoms with Gasteiger partial charge in [0.05, 0.1) is 54.8 Å². The zero-order valence-corrected chi connectivity index (χ0v) is 44.4. The van der Waals surface area contributed by atoms with Gasteiger partial charge < -0.3 is 4.98 Å². The van der Waals surface area contributed by atoms with Crippen molar-refractivity contribution in [3.05, 3.63) is 304 Å². The van der Waals surface area contributed by atoms with Crippen LogP contribution in [0.2, 0.25) is 0 Å². The Bertz CT molecular complexity index is 3790. The number of imidazole rings is 1. The minimum Gasteiger partial charge on any atom is -0.337 e. The first-order valence-corrected chi connectivity index (χ1v) is 27.1. The fraction of sp³-hybridized carbons (Fsp3) is 0. The molecule has 5 aromatic carbocycles. The number of fused-ring (bicyclic) bond motifs is 5. The molecule has 0 aliphatic rings. The summed E-state index contributed by atoms with van der Waals surface area (Å²) in [4.78, 5) is 40.0. The maximum Gasteiger partial charge on any atom is 0.157 e. The number of aromatic amines is 1. The number of thiophene rings is 2. The van der Waals surface area contributed by atoms with E-state index in [2.05, 4.69) is 141 Å². The molecule has 1 N–H and O–H groups in total. The number of pyridine rings is 7. The van der Waals surface area contributed by atoms with Crippen LogP contribution in [0.25, 0.3) is 98.1 Å². The number of nitrogens with zero attached hydrogens (tertiary/aromatic N) is 8. The second-order valence-corrected chi connectivity index (χ2v) is 19.3. The van der Waals surface area contributed by atoms with Crippen molar-refractivity contribution in [3.8, 4) is 55.3 Å². The lowest BCUT2D eigenvalue weighted by Crippen LogP contribution is -1.83. The highest BCUT2D eigenvalue weighted by Crippen LogP contribution is 2.32. The zero-order valence-electron chi connectivity index (χ0n) is 42.8. The summed E-state index contributed by atoms with van der Waals surface area (Å²) in [6.45, 7) is 0. The number of hydrogen-bond acceptors (Lipinski definition) is 10. The average Bonchev–Trinajstić information content (AvgIpc) is 4.38. The molecule has 15 aromatic rings. The predicted octanol–water partition coefficient (Wildman–Crippen LogP) is 17.7. The van der Waals surface area contributed by atoms with Crippen molar-refractivity contribution in [1.82, 2.24) is 44.9 Å². The number of para-hydroxylation sites is 2. The molecule has 0 atom stereocenters. The third-order valence-corrected chi connectivity index (χ3v) is 13.9. The van der Waals surface area contributed by atoms with Crippen LogP contribution < -0.4 is 0 Å². The van der Waals surface area contributed by atoms with E-state index < -0.39 is 0 Å². The van der Waals surface area contributed by atoms with Gasteiger partial charge in [-0.3, -0.25) is 34.9 Å². The molecule has 11 heteroatoms. The lowest BCUT2D eigenvalue weighted by Gasteiger charge is -2.01. The molecule has 0 aliphatic carbocycles. The van der Waals surface area contributed by atoms with Gasteiger partial charge in [-0.05, 0) is 125 Å². The Labute approximate surface area is 466 Å². The lowest BCUT2D eigenvalue weighted by molar-refractivity contribution is 1.24. The number of benzene rings is 5. The fourth-order valence-electron chi connectivity index (χ4n) is 8.11. The van der Waals surface area contributed by atoms with E-state index >= 15 is 0 Å². The van der Waals surface area contributed by atoms with Crippen LogP contribution in [0.5, 0.6) is 0 Å². The Balaban J connectivity index is 0.000000107. The van der Waals surface area contributed by atoms with Gasteiger partial charge in [-0.25, -0.2) is 4.98 Å². The maximum absolute atomic E-state index is 4.46. The minimum absolute atomic E-state index is 0.816. The number of H-pyrrole nitrogens is 1. The Hall–Kier alpha value is -10.2. The van der Waals surface area contributed by atoms with Crippen molar-refractivity contribution >= 4 is 65.5 Å². The molecule has 10 heterocycles. The molecule has 0 fully saturated rings. The van der Waals surface area contributed by atoms with Gasteiger partial charge in [0.15, 0.2) is 5.82 Å². The van der Waals surface area contributed by atoms with Gasteiger partial charge in [0, 0.05) is 64.4 Å². The monoisotopic (exact) mass is 1060 g/mol. The molecular weight excluding hydrogens is 1010 g/mol. The molecule has 0 radical (unpaired) electrons. The summed E-state index contributed by atoms with van der Waals surface area (Å²) in [5.74, 6) is 0.816. The van der Waals surface area contributed by atoms with E-state index in [9.17, 15) is 0 Å². The van der Waals surface area contributed by atoms with E-state index in [-0.39, 0.29) is 0 Å². The van der Waals surface area contributed by atoms with Crippen molar-refractivity contribution in [2.24, 2.45) is 0 Å². The summed E-state index contributed by atoms with van der Waals surface area (Å²) in [6, 6.07) is 84.8. The van der Waals surface area contributed by atoms with Gasteiger partial charge in [0.25, 0.3) is 0 Å². The largest absolute Gasteiger partial charge is 0.337 e. The molecular formula is C68H51N9S2. The molecule has 10 aromatic heterocycles. The molecule has 0 bridgehead atoms. The Morgan fingerprint density at radius 1 is 0.316 bits per heavy atom. The van der Waals surface area contributed by atoms with E-state index in [0.29, 0.717) is 0 Å². The second kappa shape index (κ2) is 27.5. The van der Waals surface area contributed by atoms with Gasteiger partial charge in [-0.1, -0.05) is 146 Å². The highest BCUT2D eigenvalue weighted by molar-refractivity contribution is 7.22. The van der Waals surface area contributed by atoms with E-state index in [1.54, 1.807) is 41.3 Å². The number of aromatic nitrogens is 9. The third-order valence-electron chi connectivity index (χ3n) is 11.9. The predicted molar refractivity (Wildman–Crippen MR) is 328 cm³/mol. The first kappa shape index (κ1) is 52.3. The summed E-state index contributed by atoms with van der Waals surface area (Å²) < 4.78 is 1.32. The number of rotatable bonds is 5. The van der Waals surface area contributed by atoms with Gasteiger partial charge in [-0.15, -0.1) is 22.7 Å². The van der Waals surface area contributed by atoms with Crippen molar-refractivity contribution in [2.75, 3.05) is 0 Å². The van der Waals surface area contributed by atoms with Crippen molar-refractivity contribution in [2.45, 2.75) is 0 Å². The Kier molecular flexibility index (Phi) is 18.2. The zero-order chi connectivity index (χ0) is 53.5. The normalized spacial score (nSPS) is 10.3. The molecule has 0 aliphatic heterocycles. The van der Waals surface area contributed by atoms with E-state index in [0.717, 1.165) is 62.1 Å². The summed E-state index contributed by atoms with van der Waals surface area (Å²) in [6.07, 6.45) is 12.6. The molecule has 79 heavy (non-hydrogen) atoms. The fourth-order valence-corrected chi connectivity index (χ4v) is 9.85. The van der Waals surface area contributed by atoms with E-state index in [1.807, 2.05) is 189 Å². The van der Waals surface area contributed by atoms with Gasteiger partial charge in [0.1, 0.15) is 5.69 Å². The van der Waals surface area contributed by atoms with Crippen LogP contribution in [0.3, 0.4) is 0 Å². The molecule has 0 saturated carbocycles. The first-order valence-electron chi connectivity index (χ1n) is 25.4. The van der Waals surface area contributed by atoms with Crippen LogP contribution in [0.4, 0.5) is 0 Å². The Morgan fingerprint density at radius 3 is 1.41 bits per heavy atom. The molecule has 15 rings (SSSR count). The number of nitrogens with one attached hydrogen (secondary N) is 1. The lowest BCUT2D eigenvalue weighted by atomic mass is 10.1. The SMILES string of the molecule is c1ccc(-c2cc3ccccc3s2)nc1.c1ccc(-c2ccccn2)cc1.c1ccc(-c2ccccn2)nc1.c1ccc(-c2cccs2)nc1.c1ccc(-c2nc3ccccc3[nH]2)nc1.c1ccc2c(c1)ccc1cccnc12. The van der Waals surface area contributed by atoms with Gasteiger partial charge in [-0.2, -0.15) is 0 Å². The summed E-state index contributed by atoms with van der Waals surface area (Å²) in [5.41, 5.74) is 10.1. The maximum atomic E-state index is 4.46. The standard InChI is InChI=1S/C13H9NS.C13H9N.C12H9N3.C11H9N.C10H8N2.C9H7NS/c1-2-7-12-10(5-1)9-13(15-12)11-6-3-4-8-14-11;1-2-6-12-10(4-1)7-8-11-5-3-9-14-13(11)12;1-2-6-10-9(5-1)14-12(15-10)11-7-3-4-8-13-11;1-2-6-10(7-3-1)11-8-4-5-9-12-11;1-3-7-11-9(5-1)10-6-2-4-8-12-10;1-2-6-10-8(4-1)9-5-3-7-11-9/h1-9H;1-9H;1-8H,(H,14,15);1-9H;1-8H;1-7H. The molecule has 0 amide bonds. The Morgan fingerprint density at radius 2 is 0.810 bits per heavy atom. The molecule has 9 nitrogen and oxygen atoms in total. The summed E-state index contributed by atoms with van der Waals surface area (Å²) in [7, 11) is 0. The second-order valence-electron chi connectivity index (χ2n) is 17.2. The summed E-state index contributed by atoms with van der Waals surface area (Å²) >= 11 is 3.50. The molecule has 0 unspecified atom stereocenters. The minimum atomic E-state index is 0.816. The number of hydrogen-bond donors (Lipinski definition) is 1. The van der Waals surface area contributed by atoms with E-state index in [1.165, 1.54) is 36.0 Å². The highest BCUT2D eigenvalue weighted by atomic mass is 32.1. The van der Waals surface area contributed by atoms with Crippen molar-refractivity contribution < 1.29 is 0 Å². The highest BCUT2D eigenvalue weighted by Gasteiger charge is 2.06. The van der Waals surface area contributed by atoms with Crippen molar-refractivity contribution in [1.29, 1.82) is 0 Å². The van der Waals surface area contributed by atoms with Crippen LogP contribution in [0, 0.1) is 0 Å². The van der Waals surface area contributed by atoms with Crippen LogP contribution in [0.15, 0.2) is 304 Å². The molecule has 0 spiro atoms. The smallest absolute Gasteiger partial charge is 0.157 e. The van der Waals surface area contributed by atoms with Crippen molar-refractivity contribution in [3.63, 3.8) is 0 Å². The third kappa shape index (κ3) is 14.6. The van der Waals surface area contributed by atoms with Gasteiger partial charge in [0.2, 0.25) is 0 Å². The van der Waals surface area contributed by atoms with E-state index in [4.69, 9.17) is 0 Å². The molecule has 380 valence electrons. The van der Waals surface area contributed by atoms with Crippen LogP contribution >= 0.6 is 22.7 Å². The topological polar surface area (TPSA) is 119 Å².